The zero-order chi connectivity index (χ0) is 22.1. The van der Waals surface area contributed by atoms with Crippen molar-refractivity contribution in [3.63, 3.8) is 0 Å². The first-order chi connectivity index (χ1) is 15.9. The molecule has 4 rings (SSSR count). The highest BCUT2D eigenvalue weighted by molar-refractivity contribution is 5.01. The number of hydrogen-bond donors (Lipinski definition) is 0. The number of rotatable bonds is 2. The predicted octanol–water partition coefficient (Wildman–Crippen LogP) is 10.5. The third-order valence-corrected chi connectivity index (χ3v) is 8.40. The Balaban J connectivity index is 0.000000181. The van der Waals surface area contributed by atoms with Crippen LogP contribution in [0.5, 0.6) is 0 Å². The Morgan fingerprint density at radius 2 is 0.750 bits per heavy atom. The van der Waals surface area contributed by atoms with Gasteiger partial charge in [0.1, 0.15) is 0 Å². The normalized spacial score (nSPS) is 32.5. The molecule has 4 atom stereocenters. The van der Waals surface area contributed by atoms with Crippen LogP contribution in [0.2, 0.25) is 0 Å². The second-order valence-electron chi connectivity index (χ2n) is 11.0. The molecule has 0 fully saturated rings. The molecule has 0 spiro atoms. The molecule has 0 heteroatoms. The lowest BCUT2D eigenvalue weighted by Gasteiger charge is -2.27. The fourth-order valence-electron chi connectivity index (χ4n) is 6.29. The number of allylic oxidation sites excluding steroid dienone is 8. The SMILES string of the molecule is C1=CC(C2C=CCCCCC2)CCCCC1.C1=CCC(C2CC=CCCCC2)CCCC1. The Hall–Kier alpha value is -1.04. The van der Waals surface area contributed by atoms with Gasteiger partial charge in [-0.05, 0) is 114 Å². The van der Waals surface area contributed by atoms with Gasteiger partial charge in [0.15, 0.2) is 0 Å². The van der Waals surface area contributed by atoms with E-state index in [-0.39, 0.29) is 0 Å². The molecule has 0 bridgehead atoms. The Morgan fingerprint density at radius 1 is 0.344 bits per heavy atom. The molecule has 0 amide bonds. The standard InChI is InChI=1S/2C16H26/c2*1-3-7-11-15(12-8-4-1)16-13-9-5-2-6-10-14-16/h7,9,11,13,15-16H,1-6,8,10,12,14H2;3,5,7,9,15-16H,1-2,4,6,8,10-14H2. The van der Waals surface area contributed by atoms with Gasteiger partial charge in [0.05, 0.1) is 0 Å². The maximum atomic E-state index is 2.52. The smallest absolute Gasteiger partial charge is 0.0171 e. The molecule has 0 aliphatic heterocycles. The molecule has 0 saturated heterocycles. The van der Waals surface area contributed by atoms with E-state index in [9.17, 15) is 0 Å². The largest absolute Gasteiger partial charge is 0.0885 e. The van der Waals surface area contributed by atoms with Gasteiger partial charge in [-0.1, -0.05) is 87.1 Å². The summed E-state index contributed by atoms with van der Waals surface area (Å²) in [7, 11) is 0. The average Bonchev–Trinajstić information content (AvgIpc) is 2.69. The van der Waals surface area contributed by atoms with E-state index in [0.29, 0.717) is 0 Å². The highest BCUT2D eigenvalue weighted by Crippen LogP contribution is 2.33. The van der Waals surface area contributed by atoms with Crippen LogP contribution in [0, 0.1) is 23.7 Å². The van der Waals surface area contributed by atoms with Crippen molar-refractivity contribution in [2.75, 3.05) is 0 Å². The van der Waals surface area contributed by atoms with Crippen molar-refractivity contribution < 1.29 is 0 Å². The molecular formula is C32H52. The van der Waals surface area contributed by atoms with Crippen LogP contribution >= 0.6 is 0 Å². The van der Waals surface area contributed by atoms with Crippen molar-refractivity contribution in [3.05, 3.63) is 48.6 Å². The van der Waals surface area contributed by atoms with Gasteiger partial charge in [-0.15, -0.1) is 0 Å². The summed E-state index contributed by atoms with van der Waals surface area (Å²) < 4.78 is 0. The third kappa shape index (κ3) is 10.3. The fourth-order valence-corrected chi connectivity index (χ4v) is 6.29. The zero-order valence-electron chi connectivity index (χ0n) is 21.1. The van der Waals surface area contributed by atoms with E-state index in [4.69, 9.17) is 0 Å². The third-order valence-electron chi connectivity index (χ3n) is 8.40. The van der Waals surface area contributed by atoms with Crippen LogP contribution in [0.3, 0.4) is 0 Å². The summed E-state index contributed by atoms with van der Waals surface area (Å²) in [4.78, 5) is 0. The van der Waals surface area contributed by atoms with Crippen LogP contribution in [0.25, 0.3) is 0 Å². The molecule has 0 nitrogen and oxygen atoms in total. The van der Waals surface area contributed by atoms with Crippen LogP contribution in [-0.2, 0) is 0 Å². The summed E-state index contributed by atoms with van der Waals surface area (Å²) in [5.41, 5.74) is 0. The Labute approximate surface area is 200 Å². The zero-order valence-corrected chi connectivity index (χ0v) is 21.1. The van der Waals surface area contributed by atoms with E-state index >= 15 is 0 Å². The first kappa shape index (κ1) is 25.6. The Kier molecular flexibility index (Phi) is 13.2. The van der Waals surface area contributed by atoms with Crippen LogP contribution < -0.4 is 0 Å². The quantitative estimate of drug-likeness (QED) is 0.377. The molecule has 0 aromatic carbocycles. The molecule has 32 heavy (non-hydrogen) atoms. The lowest BCUT2D eigenvalue weighted by Crippen LogP contribution is -2.15. The molecule has 4 aliphatic carbocycles. The van der Waals surface area contributed by atoms with Crippen molar-refractivity contribution in [2.24, 2.45) is 23.7 Å². The predicted molar refractivity (Wildman–Crippen MR) is 143 cm³/mol. The monoisotopic (exact) mass is 436 g/mol. The van der Waals surface area contributed by atoms with Crippen LogP contribution in [0.15, 0.2) is 48.6 Å². The first-order valence-electron chi connectivity index (χ1n) is 14.6. The summed E-state index contributed by atoms with van der Waals surface area (Å²) in [5.74, 6) is 3.63. The Bertz CT molecular complexity index is 525. The number of hydrogen-bond acceptors (Lipinski definition) is 0. The molecule has 0 saturated carbocycles. The van der Waals surface area contributed by atoms with E-state index < -0.39 is 0 Å². The molecule has 0 N–H and O–H groups in total. The summed E-state index contributed by atoms with van der Waals surface area (Å²) in [6, 6.07) is 0. The van der Waals surface area contributed by atoms with Gasteiger partial charge in [0, 0.05) is 0 Å². The molecule has 0 radical (unpaired) electrons. The fraction of sp³-hybridized carbons (Fsp3) is 0.750. The minimum Gasteiger partial charge on any atom is -0.0885 e. The second kappa shape index (κ2) is 16.6. The summed E-state index contributed by atoms with van der Waals surface area (Å²) >= 11 is 0. The van der Waals surface area contributed by atoms with Gasteiger partial charge < -0.3 is 0 Å². The minimum absolute atomic E-state index is 0.842. The van der Waals surface area contributed by atoms with Crippen molar-refractivity contribution in [3.8, 4) is 0 Å². The molecule has 0 aromatic heterocycles. The van der Waals surface area contributed by atoms with Gasteiger partial charge in [0.2, 0.25) is 0 Å². The first-order valence-corrected chi connectivity index (χ1v) is 14.6. The molecule has 4 unspecified atom stereocenters. The van der Waals surface area contributed by atoms with Gasteiger partial charge in [-0.3, -0.25) is 0 Å². The molecular weight excluding hydrogens is 384 g/mol. The van der Waals surface area contributed by atoms with Crippen LogP contribution in [-0.4, -0.2) is 0 Å². The van der Waals surface area contributed by atoms with Crippen LogP contribution in [0.4, 0.5) is 0 Å². The summed E-state index contributed by atoms with van der Waals surface area (Å²) in [6.45, 7) is 0. The van der Waals surface area contributed by atoms with Crippen LogP contribution in [0.1, 0.15) is 128 Å². The van der Waals surface area contributed by atoms with E-state index in [0.717, 1.165) is 23.7 Å². The van der Waals surface area contributed by atoms with Crippen molar-refractivity contribution >= 4 is 0 Å². The second-order valence-corrected chi connectivity index (χ2v) is 11.0. The maximum absolute atomic E-state index is 2.52. The summed E-state index contributed by atoms with van der Waals surface area (Å²) in [5, 5.41) is 0. The van der Waals surface area contributed by atoms with Crippen molar-refractivity contribution in [1.82, 2.24) is 0 Å². The summed E-state index contributed by atoms with van der Waals surface area (Å²) in [6.07, 6.45) is 47.7. The molecule has 0 heterocycles. The highest BCUT2D eigenvalue weighted by atomic mass is 14.3. The van der Waals surface area contributed by atoms with E-state index in [1.807, 2.05) is 0 Å². The lowest BCUT2D eigenvalue weighted by atomic mass is 9.78. The average molecular weight is 437 g/mol. The van der Waals surface area contributed by atoms with Gasteiger partial charge in [-0.25, -0.2) is 0 Å². The van der Waals surface area contributed by atoms with Gasteiger partial charge in [0.25, 0.3) is 0 Å². The lowest BCUT2D eigenvalue weighted by molar-refractivity contribution is 0.279. The van der Waals surface area contributed by atoms with Gasteiger partial charge >= 0.3 is 0 Å². The van der Waals surface area contributed by atoms with E-state index in [2.05, 4.69) is 48.6 Å². The molecule has 4 aliphatic rings. The minimum atomic E-state index is 0.842. The van der Waals surface area contributed by atoms with Crippen molar-refractivity contribution in [2.45, 2.75) is 128 Å². The van der Waals surface area contributed by atoms with Crippen molar-refractivity contribution in [1.29, 1.82) is 0 Å². The topological polar surface area (TPSA) is 0 Å². The highest BCUT2D eigenvalue weighted by Gasteiger charge is 2.20. The maximum Gasteiger partial charge on any atom is -0.0171 e. The van der Waals surface area contributed by atoms with Gasteiger partial charge in [-0.2, -0.15) is 0 Å². The Morgan fingerprint density at radius 3 is 1.25 bits per heavy atom. The molecule has 0 aromatic rings. The van der Waals surface area contributed by atoms with E-state index in [1.54, 1.807) is 0 Å². The molecule has 180 valence electrons. The van der Waals surface area contributed by atoms with E-state index in [1.165, 1.54) is 128 Å².